The number of likely N-dealkylation sites (tertiary alicyclic amines) is 1. The second-order valence-electron chi connectivity index (χ2n) is 6.09. The fourth-order valence-electron chi connectivity index (χ4n) is 3.11. The van der Waals surface area contributed by atoms with Crippen molar-refractivity contribution in [1.29, 1.82) is 0 Å². The number of likely N-dealkylation sites (N-methyl/N-ethyl adjacent to an activating group) is 1. The third-order valence-electron chi connectivity index (χ3n) is 4.55. The summed E-state index contributed by atoms with van der Waals surface area (Å²) in [7, 11) is 1.74. The molecule has 1 aromatic carbocycles. The minimum Gasteiger partial charge on any atom is -0.460 e. The topological polar surface area (TPSA) is 53.8 Å². The van der Waals surface area contributed by atoms with E-state index in [2.05, 4.69) is 0 Å². The number of amides is 2. The summed E-state index contributed by atoms with van der Waals surface area (Å²) in [5.41, 5.74) is 0.315. The van der Waals surface area contributed by atoms with Crippen molar-refractivity contribution in [2.75, 3.05) is 20.1 Å². The van der Waals surface area contributed by atoms with Crippen molar-refractivity contribution in [2.24, 2.45) is 0 Å². The van der Waals surface area contributed by atoms with Gasteiger partial charge in [-0.25, -0.2) is 4.39 Å². The summed E-state index contributed by atoms with van der Waals surface area (Å²) >= 11 is 5.89. The molecular formula is C17H18ClFN2O3. The Bertz CT molecular complexity index is 804. The lowest BCUT2D eigenvalue weighted by atomic mass is 10.0. The molecule has 5 nitrogen and oxygen atoms in total. The molecule has 3 rings (SSSR count). The highest BCUT2D eigenvalue weighted by molar-refractivity contribution is 6.31. The summed E-state index contributed by atoms with van der Waals surface area (Å²) in [4.78, 5) is 27.7. The highest BCUT2D eigenvalue weighted by Crippen LogP contribution is 2.29. The molecule has 2 heterocycles. The average Bonchev–Trinajstić information content (AvgIpc) is 2.97. The smallest absolute Gasteiger partial charge is 0.257 e. The number of hydrogen-bond acceptors (Lipinski definition) is 3. The zero-order valence-corrected chi connectivity index (χ0v) is 14.3. The molecule has 128 valence electrons. The lowest BCUT2D eigenvalue weighted by Crippen LogP contribution is -2.49. The number of carbonyl (C=O) groups is 2. The number of fused-ring (bicyclic) bond motifs is 1. The van der Waals surface area contributed by atoms with Gasteiger partial charge in [0, 0.05) is 43.5 Å². The van der Waals surface area contributed by atoms with Gasteiger partial charge in [0.1, 0.15) is 6.26 Å². The number of carbonyl (C=O) groups excluding carboxylic acids is 2. The summed E-state index contributed by atoms with van der Waals surface area (Å²) in [5.74, 6) is -0.863. The van der Waals surface area contributed by atoms with Gasteiger partial charge in [0.15, 0.2) is 11.4 Å². The molecule has 1 saturated heterocycles. The lowest BCUT2D eigenvalue weighted by Gasteiger charge is -2.37. The van der Waals surface area contributed by atoms with Crippen LogP contribution in [0.25, 0.3) is 11.0 Å². The molecule has 2 aromatic rings. The molecule has 1 atom stereocenters. The van der Waals surface area contributed by atoms with E-state index in [1.807, 2.05) is 0 Å². The Hall–Kier alpha value is -2.08. The zero-order chi connectivity index (χ0) is 17.4. The second kappa shape index (κ2) is 6.43. The highest BCUT2D eigenvalue weighted by Gasteiger charge is 2.29. The van der Waals surface area contributed by atoms with Gasteiger partial charge < -0.3 is 14.2 Å². The van der Waals surface area contributed by atoms with E-state index in [-0.39, 0.29) is 34.0 Å². The number of piperidine rings is 1. The molecule has 0 bridgehead atoms. The standard InChI is InChI=1S/C17H18ClFN2O3/c1-10(22)20(2)12-4-3-5-21(8-12)17(23)14-9-24-16-13(14)6-11(18)7-15(16)19/h6-7,9,12H,3-5,8H2,1-2H3. The van der Waals surface area contributed by atoms with Gasteiger partial charge in [-0.2, -0.15) is 0 Å². The monoisotopic (exact) mass is 352 g/mol. The second-order valence-corrected chi connectivity index (χ2v) is 6.53. The van der Waals surface area contributed by atoms with Crippen molar-refractivity contribution in [1.82, 2.24) is 9.80 Å². The van der Waals surface area contributed by atoms with Gasteiger partial charge in [-0.3, -0.25) is 9.59 Å². The van der Waals surface area contributed by atoms with Crippen LogP contribution in [-0.4, -0.2) is 47.8 Å². The molecule has 0 spiro atoms. The van der Waals surface area contributed by atoms with Crippen LogP contribution in [0.2, 0.25) is 5.02 Å². The van der Waals surface area contributed by atoms with Crippen molar-refractivity contribution >= 4 is 34.4 Å². The van der Waals surface area contributed by atoms with Crippen LogP contribution >= 0.6 is 11.6 Å². The summed E-state index contributed by atoms with van der Waals surface area (Å²) in [6.07, 6.45) is 2.93. The van der Waals surface area contributed by atoms with E-state index >= 15 is 0 Å². The Morgan fingerprint density at radius 3 is 2.88 bits per heavy atom. The molecule has 24 heavy (non-hydrogen) atoms. The van der Waals surface area contributed by atoms with Crippen LogP contribution in [0, 0.1) is 5.82 Å². The molecule has 0 radical (unpaired) electrons. The van der Waals surface area contributed by atoms with Crippen LogP contribution in [0.3, 0.4) is 0 Å². The first-order valence-electron chi connectivity index (χ1n) is 7.77. The number of benzene rings is 1. The fourth-order valence-corrected chi connectivity index (χ4v) is 3.31. The van der Waals surface area contributed by atoms with Crippen molar-refractivity contribution in [3.8, 4) is 0 Å². The lowest BCUT2D eigenvalue weighted by molar-refractivity contribution is -0.130. The molecule has 2 amide bonds. The zero-order valence-electron chi connectivity index (χ0n) is 13.5. The third-order valence-corrected chi connectivity index (χ3v) is 4.77. The normalized spacial score (nSPS) is 18.0. The average molecular weight is 353 g/mol. The van der Waals surface area contributed by atoms with E-state index in [0.29, 0.717) is 18.5 Å². The van der Waals surface area contributed by atoms with Crippen LogP contribution in [0.1, 0.15) is 30.1 Å². The molecule has 1 aromatic heterocycles. The Labute approximate surface area is 143 Å². The van der Waals surface area contributed by atoms with Gasteiger partial charge >= 0.3 is 0 Å². The maximum absolute atomic E-state index is 13.9. The van der Waals surface area contributed by atoms with E-state index in [9.17, 15) is 14.0 Å². The SMILES string of the molecule is CC(=O)N(C)C1CCCN(C(=O)c2coc3c(F)cc(Cl)cc23)C1. The molecule has 7 heteroatoms. The van der Waals surface area contributed by atoms with E-state index in [1.165, 1.54) is 19.3 Å². The van der Waals surface area contributed by atoms with Crippen LogP contribution in [-0.2, 0) is 4.79 Å². The van der Waals surface area contributed by atoms with Gasteiger partial charge in [0.05, 0.1) is 5.56 Å². The summed E-state index contributed by atoms with van der Waals surface area (Å²) in [6, 6.07) is 2.67. The predicted molar refractivity (Wildman–Crippen MR) is 88.6 cm³/mol. The van der Waals surface area contributed by atoms with Crippen LogP contribution in [0.5, 0.6) is 0 Å². The fraction of sp³-hybridized carbons (Fsp3) is 0.412. The van der Waals surface area contributed by atoms with Crippen molar-refractivity contribution < 1.29 is 18.4 Å². The van der Waals surface area contributed by atoms with Crippen molar-refractivity contribution in [3.05, 3.63) is 34.8 Å². The van der Waals surface area contributed by atoms with Crippen molar-refractivity contribution in [3.63, 3.8) is 0 Å². The minimum atomic E-state index is -0.593. The van der Waals surface area contributed by atoms with Crippen LogP contribution in [0.4, 0.5) is 4.39 Å². The highest BCUT2D eigenvalue weighted by atomic mass is 35.5. The summed E-state index contributed by atoms with van der Waals surface area (Å²) < 4.78 is 19.1. The molecule has 1 aliphatic rings. The van der Waals surface area contributed by atoms with E-state index in [0.717, 1.165) is 18.9 Å². The quantitative estimate of drug-likeness (QED) is 0.833. The van der Waals surface area contributed by atoms with Gasteiger partial charge in [-0.15, -0.1) is 0 Å². The minimum absolute atomic E-state index is 0.0151. The van der Waals surface area contributed by atoms with E-state index in [4.69, 9.17) is 16.0 Å². The van der Waals surface area contributed by atoms with Gasteiger partial charge in [-0.05, 0) is 25.0 Å². The molecular weight excluding hydrogens is 335 g/mol. The predicted octanol–water partition coefficient (Wildman–Crippen LogP) is 3.31. The molecule has 0 N–H and O–H groups in total. The van der Waals surface area contributed by atoms with Gasteiger partial charge in [-0.1, -0.05) is 11.6 Å². The molecule has 1 fully saturated rings. The number of nitrogens with zero attached hydrogens (tertiary/aromatic N) is 2. The molecule has 1 aliphatic heterocycles. The largest absolute Gasteiger partial charge is 0.460 e. The first-order valence-corrected chi connectivity index (χ1v) is 8.15. The summed E-state index contributed by atoms with van der Waals surface area (Å²) in [6.45, 7) is 2.55. The third kappa shape index (κ3) is 2.98. The maximum atomic E-state index is 13.9. The van der Waals surface area contributed by atoms with Gasteiger partial charge in [0.25, 0.3) is 5.91 Å². The Morgan fingerprint density at radius 2 is 2.17 bits per heavy atom. The molecule has 0 aliphatic carbocycles. The number of halogens is 2. The van der Waals surface area contributed by atoms with Crippen LogP contribution < -0.4 is 0 Å². The molecule has 0 saturated carbocycles. The number of furan rings is 1. The number of hydrogen-bond donors (Lipinski definition) is 0. The van der Waals surface area contributed by atoms with E-state index in [1.54, 1.807) is 16.8 Å². The first-order chi connectivity index (χ1) is 11.4. The van der Waals surface area contributed by atoms with Crippen molar-refractivity contribution in [2.45, 2.75) is 25.8 Å². The summed E-state index contributed by atoms with van der Waals surface area (Å²) in [5, 5.41) is 0.579. The van der Waals surface area contributed by atoms with Gasteiger partial charge in [0.2, 0.25) is 5.91 Å². The Morgan fingerprint density at radius 1 is 1.42 bits per heavy atom. The number of rotatable bonds is 2. The van der Waals surface area contributed by atoms with Crippen LogP contribution in [0.15, 0.2) is 22.8 Å². The Balaban J connectivity index is 1.88. The first kappa shape index (κ1) is 16.8. The van der Waals surface area contributed by atoms with E-state index < -0.39 is 5.82 Å². The Kier molecular flexibility index (Phi) is 4.49. The maximum Gasteiger partial charge on any atom is 0.257 e. The molecule has 1 unspecified atom stereocenters.